The summed E-state index contributed by atoms with van der Waals surface area (Å²) in [6, 6.07) is 7.97. The number of ketones is 1. The summed E-state index contributed by atoms with van der Waals surface area (Å²) in [7, 11) is 1.66. The van der Waals surface area contributed by atoms with Crippen LogP contribution in [0.15, 0.2) is 24.3 Å². The molecule has 1 fully saturated rings. The molecule has 1 unspecified atom stereocenters. The van der Waals surface area contributed by atoms with Crippen molar-refractivity contribution in [2.75, 3.05) is 18.6 Å². The highest BCUT2D eigenvalue weighted by atomic mass is 32.2. The Morgan fingerprint density at radius 3 is 2.67 bits per heavy atom. The van der Waals surface area contributed by atoms with Gasteiger partial charge in [0.1, 0.15) is 11.5 Å². The molecule has 0 aliphatic carbocycles. The number of ether oxygens (including phenoxy) is 1. The minimum absolute atomic E-state index is 0.225. The maximum Gasteiger partial charge on any atom is 0.146 e. The number of benzene rings is 1. The summed E-state index contributed by atoms with van der Waals surface area (Å²) in [6.07, 6.45) is 0.871. The van der Waals surface area contributed by atoms with Crippen molar-refractivity contribution in [1.29, 1.82) is 0 Å². The summed E-state index contributed by atoms with van der Waals surface area (Å²) in [5.74, 6) is 3.16. The molecule has 0 spiro atoms. The Morgan fingerprint density at radius 1 is 1.40 bits per heavy atom. The van der Waals surface area contributed by atoms with Crippen LogP contribution in [-0.2, 0) is 11.2 Å². The molecule has 1 aliphatic rings. The second-order valence-electron chi connectivity index (χ2n) is 3.73. The highest BCUT2D eigenvalue weighted by Crippen LogP contribution is 2.24. The van der Waals surface area contributed by atoms with Gasteiger partial charge in [-0.1, -0.05) is 12.1 Å². The lowest BCUT2D eigenvalue weighted by atomic mass is 9.98. The lowest BCUT2D eigenvalue weighted by Gasteiger charge is -2.07. The molecule has 0 amide bonds. The van der Waals surface area contributed by atoms with E-state index in [1.165, 1.54) is 5.56 Å². The van der Waals surface area contributed by atoms with Gasteiger partial charge in [-0.2, -0.15) is 11.8 Å². The van der Waals surface area contributed by atoms with E-state index < -0.39 is 0 Å². The summed E-state index contributed by atoms with van der Waals surface area (Å²) >= 11 is 1.74. The van der Waals surface area contributed by atoms with Crippen molar-refractivity contribution in [2.45, 2.75) is 6.42 Å². The summed E-state index contributed by atoms with van der Waals surface area (Å²) in [6.45, 7) is 0. The van der Waals surface area contributed by atoms with Crippen LogP contribution in [0, 0.1) is 5.92 Å². The predicted octanol–water partition coefficient (Wildman–Crippen LogP) is 2.17. The van der Waals surface area contributed by atoms with Crippen LogP contribution in [0.4, 0.5) is 0 Å². The van der Waals surface area contributed by atoms with Crippen LogP contribution in [0.5, 0.6) is 5.75 Å². The molecule has 0 aromatic heterocycles. The monoisotopic (exact) mass is 222 g/mol. The van der Waals surface area contributed by atoms with Crippen molar-refractivity contribution >= 4 is 17.5 Å². The van der Waals surface area contributed by atoms with Crippen molar-refractivity contribution in [3.05, 3.63) is 29.8 Å². The number of carbonyl (C=O) groups excluding carboxylic acids is 1. The molecule has 0 bridgehead atoms. The molecule has 1 aromatic carbocycles. The number of thioether (sulfide) groups is 1. The van der Waals surface area contributed by atoms with E-state index in [2.05, 4.69) is 0 Å². The van der Waals surface area contributed by atoms with Gasteiger partial charge in [0.25, 0.3) is 0 Å². The van der Waals surface area contributed by atoms with Gasteiger partial charge in [-0.15, -0.1) is 0 Å². The van der Waals surface area contributed by atoms with Crippen LogP contribution in [-0.4, -0.2) is 24.4 Å². The van der Waals surface area contributed by atoms with E-state index in [-0.39, 0.29) is 5.92 Å². The van der Waals surface area contributed by atoms with E-state index in [9.17, 15) is 4.79 Å². The number of hydrogen-bond acceptors (Lipinski definition) is 3. The smallest absolute Gasteiger partial charge is 0.146 e. The minimum atomic E-state index is 0.225. The molecular formula is C12H14O2S. The summed E-state index contributed by atoms with van der Waals surface area (Å²) in [5, 5.41) is 0. The van der Waals surface area contributed by atoms with E-state index in [0.717, 1.165) is 17.9 Å². The van der Waals surface area contributed by atoms with Crippen LogP contribution in [0.3, 0.4) is 0 Å². The van der Waals surface area contributed by atoms with Crippen LogP contribution in [0.2, 0.25) is 0 Å². The van der Waals surface area contributed by atoms with E-state index in [0.29, 0.717) is 11.5 Å². The molecule has 1 aliphatic heterocycles. The standard InChI is InChI=1S/C12H14O2S/c1-14-11-4-2-9(3-5-11)6-10-7-15-8-12(10)13/h2-5,10H,6-8H2,1H3. The van der Waals surface area contributed by atoms with Crippen molar-refractivity contribution < 1.29 is 9.53 Å². The van der Waals surface area contributed by atoms with Gasteiger partial charge in [-0.25, -0.2) is 0 Å². The fraction of sp³-hybridized carbons (Fsp3) is 0.417. The van der Waals surface area contributed by atoms with Crippen molar-refractivity contribution in [3.63, 3.8) is 0 Å². The number of Topliss-reactive ketones (excluding diaryl/α,β-unsaturated/α-hetero) is 1. The van der Waals surface area contributed by atoms with Gasteiger partial charge in [0.15, 0.2) is 0 Å². The first-order chi connectivity index (χ1) is 7.29. The molecule has 0 N–H and O–H groups in total. The van der Waals surface area contributed by atoms with Gasteiger partial charge in [0, 0.05) is 11.7 Å². The molecule has 0 saturated carbocycles. The molecule has 80 valence electrons. The number of methoxy groups -OCH3 is 1. The summed E-state index contributed by atoms with van der Waals surface area (Å²) in [4.78, 5) is 11.5. The molecule has 2 nitrogen and oxygen atoms in total. The highest BCUT2D eigenvalue weighted by Gasteiger charge is 2.24. The fourth-order valence-electron chi connectivity index (χ4n) is 1.73. The molecule has 1 heterocycles. The molecule has 2 rings (SSSR count). The van der Waals surface area contributed by atoms with Crippen LogP contribution in [0.1, 0.15) is 5.56 Å². The number of carbonyl (C=O) groups is 1. The average Bonchev–Trinajstić information content (AvgIpc) is 2.66. The van der Waals surface area contributed by atoms with Gasteiger partial charge in [-0.3, -0.25) is 4.79 Å². The molecule has 1 atom stereocenters. The Kier molecular flexibility index (Phi) is 3.31. The Hall–Kier alpha value is -0.960. The Labute approximate surface area is 94.0 Å². The van der Waals surface area contributed by atoms with E-state index in [4.69, 9.17) is 4.74 Å². The van der Waals surface area contributed by atoms with Crippen LogP contribution < -0.4 is 4.74 Å². The zero-order valence-corrected chi connectivity index (χ0v) is 9.55. The van der Waals surface area contributed by atoms with E-state index in [1.54, 1.807) is 18.9 Å². The zero-order valence-electron chi connectivity index (χ0n) is 8.73. The quantitative estimate of drug-likeness (QED) is 0.784. The Bertz CT molecular complexity index is 345. The number of rotatable bonds is 3. The maximum atomic E-state index is 11.5. The molecule has 1 aromatic rings. The molecule has 15 heavy (non-hydrogen) atoms. The second kappa shape index (κ2) is 4.71. The molecular weight excluding hydrogens is 208 g/mol. The Morgan fingerprint density at radius 2 is 2.13 bits per heavy atom. The highest BCUT2D eigenvalue weighted by molar-refractivity contribution is 8.00. The SMILES string of the molecule is COc1ccc(CC2CSCC2=O)cc1. The summed E-state index contributed by atoms with van der Waals surface area (Å²) in [5.41, 5.74) is 1.22. The Balaban J connectivity index is 2.01. The third kappa shape index (κ3) is 2.53. The fourth-order valence-corrected chi connectivity index (χ4v) is 2.87. The van der Waals surface area contributed by atoms with Crippen molar-refractivity contribution in [2.24, 2.45) is 5.92 Å². The van der Waals surface area contributed by atoms with Gasteiger partial charge < -0.3 is 4.74 Å². The number of hydrogen-bond donors (Lipinski definition) is 0. The molecule has 0 radical (unpaired) electrons. The van der Waals surface area contributed by atoms with Crippen LogP contribution in [0.25, 0.3) is 0 Å². The zero-order chi connectivity index (χ0) is 10.7. The first-order valence-electron chi connectivity index (χ1n) is 5.03. The third-order valence-corrected chi connectivity index (χ3v) is 3.79. The molecule has 3 heteroatoms. The van der Waals surface area contributed by atoms with Crippen LogP contribution >= 0.6 is 11.8 Å². The summed E-state index contributed by atoms with van der Waals surface area (Å²) < 4.78 is 5.09. The topological polar surface area (TPSA) is 26.3 Å². The normalized spacial score (nSPS) is 20.6. The lowest BCUT2D eigenvalue weighted by molar-refractivity contribution is -0.119. The van der Waals surface area contributed by atoms with E-state index in [1.807, 2.05) is 24.3 Å². The predicted molar refractivity (Wildman–Crippen MR) is 62.5 cm³/mol. The average molecular weight is 222 g/mol. The second-order valence-corrected chi connectivity index (χ2v) is 4.76. The maximum absolute atomic E-state index is 11.5. The lowest BCUT2D eigenvalue weighted by Crippen LogP contribution is -2.13. The van der Waals surface area contributed by atoms with Gasteiger partial charge in [0.05, 0.1) is 12.9 Å². The van der Waals surface area contributed by atoms with Gasteiger partial charge in [-0.05, 0) is 24.1 Å². The minimum Gasteiger partial charge on any atom is -0.497 e. The van der Waals surface area contributed by atoms with Gasteiger partial charge >= 0.3 is 0 Å². The molecule has 1 saturated heterocycles. The largest absolute Gasteiger partial charge is 0.497 e. The third-order valence-electron chi connectivity index (χ3n) is 2.66. The van der Waals surface area contributed by atoms with Crippen molar-refractivity contribution in [1.82, 2.24) is 0 Å². The first-order valence-corrected chi connectivity index (χ1v) is 6.18. The van der Waals surface area contributed by atoms with E-state index >= 15 is 0 Å². The first kappa shape index (κ1) is 10.6. The van der Waals surface area contributed by atoms with Gasteiger partial charge in [0.2, 0.25) is 0 Å². The van der Waals surface area contributed by atoms with Crippen molar-refractivity contribution in [3.8, 4) is 5.75 Å².